The first kappa shape index (κ1) is 21.3. The smallest absolute Gasteiger partial charge is 0.299 e. The fraction of sp³-hybridized carbons (Fsp3) is 0.429. The monoisotopic (exact) mass is 418 g/mol. The second-order valence-electron chi connectivity index (χ2n) is 7.25. The number of ether oxygens (including phenoxy) is 1. The highest BCUT2D eigenvalue weighted by Gasteiger charge is 2.18. The minimum Gasteiger partial charge on any atom is -0.497 e. The summed E-state index contributed by atoms with van der Waals surface area (Å²) in [5, 5.41) is 0. The van der Waals surface area contributed by atoms with E-state index in [1.54, 1.807) is 19.2 Å². The Morgan fingerprint density at radius 3 is 1.86 bits per heavy atom. The van der Waals surface area contributed by atoms with Crippen molar-refractivity contribution in [2.75, 3.05) is 47.8 Å². The van der Waals surface area contributed by atoms with Gasteiger partial charge in [0.05, 0.1) is 7.11 Å². The number of hydrogen-bond acceptors (Lipinski definition) is 5. The third kappa shape index (κ3) is 5.77. The first-order chi connectivity index (χ1) is 13.9. The highest BCUT2D eigenvalue weighted by molar-refractivity contribution is 7.90. The summed E-state index contributed by atoms with van der Waals surface area (Å²) in [6.45, 7) is 7.46. The van der Waals surface area contributed by atoms with Gasteiger partial charge in [-0.3, -0.25) is 4.72 Å². The summed E-state index contributed by atoms with van der Waals surface area (Å²) in [4.78, 5) is 4.68. The molecular formula is C21H30N4O3S. The number of nitrogens with one attached hydrogen (secondary N) is 2. The van der Waals surface area contributed by atoms with Gasteiger partial charge < -0.3 is 14.5 Å². The molecular weight excluding hydrogens is 388 g/mol. The molecule has 1 saturated heterocycles. The Kier molecular flexibility index (Phi) is 6.87. The van der Waals surface area contributed by atoms with E-state index in [0.717, 1.165) is 44.0 Å². The molecule has 0 bridgehead atoms. The van der Waals surface area contributed by atoms with Crippen LogP contribution in [0.15, 0.2) is 48.5 Å². The van der Waals surface area contributed by atoms with E-state index in [1.807, 2.05) is 38.1 Å². The molecule has 0 aromatic heterocycles. The Balaban J connectivity index is 1.56. The van der Waals surface area contributed by atoms with Crippen LogP contribution < -0.4 is 24.0 Å². The third-order valence-electron chi connectivity index (χ3n) is 5.17. The van der Waals surface area contributed by atoms with Crippen LogP contribution in [0.25, 0.3) is 0 Å². The molecule has 29 heavy (non-hydrogen) atoms. The molecule has 1 aliphatic heterocycles. The quantitative estimate of drug-likeness (QED) is 0.689. The number of benzene rings is 2. The van der Waals surface area contributed by atoms with Gasteiger partial charge in [-0.2, -0.15) is 13.1 Å². The van der Waals surface area contributed by atoms with E-state index in [0.29, 0.717) is 5.69 Å². The summed E-state index contributed by atoms with van der Waals surface area (Å²) in [5.74, 6) is 0.863. The van der Waals surface area contributed by atoms with Crippen molar-refractivity contribution in [2.45, 2.75) is 26.3 Å². The Hall–Kier alpha value is -2.45. The van der Waals surface area contributed by atoms with Crippen LogP contribution in [-0.2, 0) is 10.2 Å². The van der Waals surface area contributed by atoms with Crippen LogP contribution in [-0.4, -0.2) is 47.7 Å². The molecule has 0 spiro atoms. The van der Waals surface area contributed by atoms with Crippen LogP contribution in [0.1, 0.15) is 20.3 Å². The Morgan fingerprint density at radius 2 is 1.41 bits per heavy atom. The lowest BCUT2D eigenvalue weighted by atomic mass is 10.2. The van der Waals surface area contributed by atoms with E-state index in [-0.39, 0.29) is 6.04 Å². The van der Waals surface area contributed by atoms with Crippen LogP contribution >= 0.6 is 0 Å². The normalized spacial score (nSPS) is 15.8. The van der Waals surface area contributed by atoms with Gasteiger partial charge >= 0.3 is 0 Å². The van der Waals surface area contributed by atoms with Crippen molar-refractivity contribution in [1.29, 1.82) is 0 Å². The lowest BCUT2D eigenvalue weighted by Gasteiger charge is -2.37. The van der Waals surface area contributed by atoms with E-state index in [9.17, 15) is 8.42 Å². The van der Waals surface area contributed by atoms with Crippen molar-refractivity contribution < 1.29 is 13.2 Å². The molecule has 2 N–H and O–H groups in total. The number of hydrogen-bond donors (Lipinski definition) is 2. The molecule has 158 valence electrons. The van der Waals surface area contributed by atoms with E-state index in [1.165, 1.54) is 5.69 Å². The summed E-state index contributed by atoms with van der Waals surface area (Å²) < 4.78 is 34.6. The molecule has 1 heterocycles. The predicted octanol–water partition coefficient (Wildman–Crippen LogP) is 3.07. The van der Waals surface area contributed by atoms with Crippen LogP contribution in [0.2, 0.25) is 0 Å². The zero-order valence-corrected chi connectivity index (χ0v) is 18.1. The topological polar surface area (TPSA) is 73.9 Å². The highest BCUT2D eigenvalue weighted by Crippen LogP contribution is 2.24. The minimum atomic E-state index is -3.56. The van der Waals surface area contributed by atoms with E-state index < -0.39 is 10.2 Å². The molecule has 1 atom stereocenters. The van der Waals surface area contributed by atoms with Crippen molar-refractivity contribution >= 4 is 27.3 Å². The first-order valence-corrected chi connectivity index (χ1v) is 11.4. The van der Waals surface area contributed by atoms with Crippen LogP contribution in [0.4, 0.5) is 17.1 Å². The van der Waals surface area contributed by atoms with Crippen molar-refractivity contribution in [3.05, 3.63) is 48.5 Å². The molecule has 2 aromatic rings. The van der Waals surface area contributed by atoms with Crippen LogP contribution in [0.3, 0.4) is 0 Å². The molecule has 0 aliphatic carbocycles. The molecule has 2 aromatic carbocycles. The number of piperazine rings is 1. The van der Waals surface area contributed by atoms with E-state index >= 15 is 0 Å². The van der Waals surface area contributed by atoms with Gasteiger partial charge in [-0.1, -0.05) is 6.92 Å². The van der Waals surface area contributed by atoms with Gasteiger partial charge in [0.15, 0.2) is 0 Å². The summed E-state index contributed by atoms with van der Waals surface area (Å²) in [6, 6.07) is 15.6. The second-order valence-corrected chi connectivity index (χ2v) is 8.70. The van der Waals surface area contributed by atoms with Crippen LogP contribution in [0.5, 0.6) is 5.75 Å². The van der Waals surface area contributed by atoms with Gasteiger partial charge in [0.1, 0.15) is 5.75 Å². The Labute approximate surface area is 173 Å². The minimum absolute atomic E-state index is 0.103. The van der Waals surface area contributed by atoms with Gasteiger partial charge in [-0.05, 0) is 61.9 Å². The van der Waals surface area contributed by atoms with Crippen molar-refractivity contribution in [3.63, 3.8) is 0 Å². The maximum absolute atomic E-state index is 12.1. The SMILES string of the molecule is CCC(C)NS(=O)(=O)Nc1ccc(N2CCN(c3ccc(OC)cc3)CC2)cc1. The zero-order chi connectivity index (χ0) is 20.9. The van der Waals surface area contributed by atoms with Gasteiger partial charge in [0.25, 0.3) is 10.2 Å². The molecule has 0 radical (unpaired) electrons. The second kappa shape index (κ2) is 9.37. The van der Waals surface area contributed by atoms with Crippen molar-refractivity contribution in [2.24, 2.45) is 0 Å². The lowest BCUT2D eigenvalue weighted by molar-refractivity contribution is 0.415. The molecule has 1 unspecified atom stereocenters. The molecule has 1 aliphatic rings. The number of rotatable bonds is 8. The zero-order valence-electron chi connectivity index (χ0n) is 17.3. The number of nitrogens with zero attached hydrogens (tertiary/aromatic N) is 2. The molecule has 8 heteroatoms. The van der Waals surface area contributed by atoms with E-state index in [2.05, 4.69) is 31.4 Å². The summed E-state index contributed by atoms with van der Waals surface area (Å²) >= 11 is 0. The largest absolute Gasteiger partial charge is 0.497 e. The molecule has 3 rings (SSSR count). The fourth-order valence-corrected chi connectivity index (χ4v) is 4.49. The predicted molar refractivity (Wildman–Crippen MR) is 119 cm³/mol. The van der Waals surface area contributed by atoms with Gasteiger partial charge in [0, 0.05) is 49.3 Å². The summed E-state index contributed by atoms with van der Waals surface area (Å²) in [5.41, 5.74) is 2.85. The van der Waals surface area contributed by atoms with Crippen molar-refractivity contribution in [1.82, 2.24) is 4.72 Å². The standard InChI is InChI=1S/C21H30N4O3S/c1-4-17(2)22-29(26,27)23-18-5-7-19(8-6-18)24-13-15-25(16-14-24)20-9-11-21(28-3)12-10-20/h5-12,17,22-23H,4,13-16H2,1-3H3. The molecule has 7 nitrogen and oxygen atoms in total. The molecule has 1 fully saturated rings. The summed E-state index contributed by atoms with van der Waals surface area (Å²) in [7, 11) is -1.88. The average Bonchev–Trinajstić information content (AvgIpc) is 2.74. The summed E-state index contributed by atoms with van der Waals surface area (Å²) in [6.07, 6.45) is 0.738. The Bertz CT molecular complexity index is 877. The first-order valence-electron chi connectivity index (χ1n) is 9.94. The highest BCUT2D eigenvalue weighted by atomic mass is 32.2. The Morgan fingerprint density at radius 1 is 0.931 bits per heavy atom. The lowest BCUT2D eigenvalue weighted by Crippen LogP contribution is -2.46. The van der Waals surface area contributed by atoms with E-state index in [4.69, 9.17) is 4.74 Å². The average molecular weight is 419 g/mol. The molecule has 0 amide bonds. The third-order valence-corrected chi connectivity index (χ3v) is 6.39. The number of anilines is 3. The maximum atomic E-state index is 12.1. The number of methoxy groups -OCH3 is 1. The van der Waals surface area contributed by atoms with Gasteiger partial charge in [-0.25, -0.2) is 0 Å². The van der Waals surface area contributed by atoms with Crippen molar-refractivity contribution in [3.8, 4) is 5.75 Å². The fourth-order valence-electron chi connectivity index (χ4n) is 3.29. The van der Waals surface area contributed by atoms with Gasteiger partial charge in [-0.15, -0.1) is 0 Å². The van der Waals surface area contributed by atoms with Crippen LogP contribution in [0, 0.1) is 0 Å². The molecule has 0 saturated carbocycles. The maximum Gasteiger partial charge on any atom is 0.299 e. The van der Waals surface area contributed by atoms with Gasteiger partial charge in [0.2, 0.25) is 0 Å².